The minimum Gasteiger partial charge on any atom is -0.496 e. The highest BCUT2D eigenvalue weighted by Crippen LogP contribution is 2.52. The molecule has 15 aliphatic rings. The number of hydrogen-bond acceptors (Lipinski definition) is 24. The van der Waals surface area contributed by atoms with E-state index in [1.165, 1.54) is 0 Å². The van der Waals surface area contributed by atoms with Crippen molar-refractivity contribution in [2.24, 2.45) is 0 Å². The zero-order valence-electron chi connectivity index (χ0n) is 60.8. The third-order valence-electron chi connectivity index (χ3n) is 22.8. The molecule has 27 nitrogen and oxygen atoms in total. The molecule has 8 bridgehead atoms. The van der Waals surface area contributed by atoms with Crippen molar-refractivity contribution in [3.63, 3.8) is 0 Å². The fourth-order valence-electron chi connectivity index (χ4n) is 17.3. The molecule has 1 aliphatic carbocycles. The number of carbonyl (C=O) groups excluding carboxylic acids is 2. The van der Waals surface area contributed by atoms with Crippen LogP contribution in [0.3, 0.4) is 0 Å². The number of anilines is 1. The van der Waals surface area contributed by atoms with E-state index in [9.17, 15) is 60.7 Å². The number of aliphatic hydroxyl groups excluding tert-OH is 10. The van der Waals surface area contributed by atoms with Crippen LogP contribution in [0.1, 0.15) is 109 Å². The first-order chi connectivity index (χ1) is 51.2. The zero-order chi connectivity index (χ0) is 74.7. The Morgan fingerprint density at radius 3 is 1.79 bits per heavy atom. The van der Waals surface area contributed by atoms with Crippen molar-refractivity contribution < 1.29 is 117 Å². The van der Waals surface area contributed by atoms with Gasteiger partial charge in [-0.05, 0) is 128 Å². The van der Waals surface area contributed by atoms with Gasteiger partial charge in [-0.2, -0.15) is 4.58 Å². The molecule has 14 heterocycles. The van der Waals surface area contributed by atoms with Crippen LogP contribution in [0.25, 0.3) is 21.5 Å². The molecule has 12 fully saturated rings. The van der Waals surface area contributed by atoms with Crippen molar-refractivity contribution in [2.45, 2.75) is 232 Å². The Labute approximate surface area is 616 Å². The van der Waals surface area contributed by atoms with E-state index >= 15 is 0 Å². The molecule has 20 atom stereocenters. The van der Waals surface area contributed by atoms with Crippen LogP contribution in [-0.4, -0.2) is 269 Å². The third-order valence-corrected chi connectivity index (χ3v) is 22.8. The summed E-state index contributed by atoms with van der Waals surface area (Å²) in [5.74, 6) is 0.0688. The second-order valence-corrected chi connectivity index (χ2v) is 30.1. The summed E-state index contributed by atoms with van der Waals surface area (Å²) in [6.45, 7) is 6.56. The van der Waals surface area contributed by atoms with Crippen LogP contribution < -0.4 is 15.5 Å². The average molecular weight is 1480 g/mol. The van der Waals surface area contributed by atoms with Gasteiger partial charge < -0.3 is 119 Å². The summed E-state index contributed by atoms with van der Waals surface area (Å²) < 4.78 is 69.6. The van der Waals surface area contributed by atoms with Crippen molar-refractivity contribution in [3.05, 3.63) is 131 Å². The number of amides is 2. The molecule has 0 radical (unpaired) electrons. The van der Waals surface area contributed by atoms with Crippen LogP contribution in [0.2, 0.25) is 0 Å². The monoisotopic (exact) mass is 1480 g/mol. The van der Waals surface area contributed by atoms with E-state index in [1.54, 1.807) is 7.11 Å². The predicted molar refractivity (Wildman–Crippen MR) is 385 cm³/mol. The second-order valence-electron chi connectivity index (χ2n) is 30.1. The number of hydrogen-bond donors (Lipinski definition) is 12. The zero-order valence-corrected chi connectivity index (χ0v) is 60.8. The summed E-state index contributed by atoms with van der Waals surface area (Å²) in [6, 6.07) is 25.0. The lowest BCUT2D eigenvalue weighted by molar-refractivity contribution is -0.436. The molecule has 578 valence electrons. The summed E-state index contributed by atoms with van der Waals surface area (Å²) in [5, 5.41) is 119. The quantitative estimate of drug-likeness (QED) is 0.0446. The molecule has 4 aromatic rings. The smallest absolute Gasteiger partial charge is 0.228 e. The fraction of sp³-hybridized carbons (Fsp3) is 0.608. The average Bonchev–Trinajstić information content (AvgIpc) is 1.58. The molecule has 0 saturated carbocycles. The van der Waals surface area contributed by atoms with Gasteiger partial charge in [0, 0.05) is 60.7 Å². The number of ether oxygens (including phenoxy) is 11. The highest BCUT2D eigenvalue weighted by molar-refractivity contribution is 6.08. The highest BCUT2D eigenvalue weighted by Gasteiger charge is 2.55. The van der Waals surface area contributed by atoms with E-state index in [1.807, 2.05) is 24.3 Å². The molecule has 27 heteroatoms. The minimum atomic E-state index is -1.63. The summed E-state index contributed by atoms with van der Waals surface area (Å²) in [5.41, 5.74) is 6.99. The lowest BCUT2D eigenvalue weighted by atomic mass is 9.79. The van der Waals surface area contributed by atoms with Gasteiger partial charge in [0.25, 0.3) is 0 Å². The number of nitrogens with zero attached hydrogens (tertiary/aromatic N) is 2. The molecular formula is C79H105N4O23+. The van der Waals surface area contributed by atoms with Crippen molar-refractivity contribution >= 4 is 50.4 Å². The van der Waals surface area contributed by atoms with Gasteiger partial charge in [0.15, 0.2) is 24.8 Å². The number of fused-ring (bicyclic) bond motifs is 6. The number of nitrogens with one attached hydrogen (secondary N) is 2. The van der Waals surface area contributed by atoms with Gasteiger partial charge in [0.2, 0.25) is 17.5 Å². The Bertz CT molecular complexity index is 3910. The number of aliphatic hydroxyl groups is 10. The van der Waals surface area contributed by atoms with Gasteiger partial charge in [0.05, 0.1) is 57.6 Å². The Hall–Kier alpha value is -6.23. The Morgan fingerprint density at radius 2 is 1.11 bits per heavy atom. The first-order valence-electron chi connectivity index (χ1n) is 37.5. The molecule has 0 aromatic heterocycles. The largest absolute Gasteiger partial charge is 0.496 e. The van der Waals surface area contributed by atoms with Crippen LogP contribution in [0.5, 0.6) is 0 Å². The standard InChI is InChI=1S/C79H104N4O23/c1-78(2)57(82(49-27-23-43-15-9-11-19-47(43)61(49)78)33-31-59(88)80-41-99-70-52-22-14-36-97-71-53(37-84)103-76(66(93)65(71)92)105-74(67(70)94)56(40-87)102-52)29-25-45-17-7-6-8-18-46(69(45)96-5)26-30-58-79(3,4)62-48-20-12-10-16-44(48)24-28-50(62)83(58)34-32-60(89)81-42-100-75-68(95)72-54(38-85)104-77(75)106-73-55(39-86)101-51(21-13-35-98-72)63(90)64(73)91/h9-12,15-16,19-20,23-30,51-56,63-68,70-77,84-87,90-95H,6-8,13-14,17-18,21-22,31-42H2,1-5H3,(H-,80,81,88,89)/p+1/t51-,52-,53-,54-,55-,56-,63+,64-,65-,66-,67-,68+,70+,71-,72-,73?,74-,75-,76?,77-/m1/s1. The molecule has 4 aromatic carbocycles. The van der Waals surface area contributed by atoms with Crippen molar-refractivity contribution in [2.75, 3.05) is 78.2 Å². The van der Waals surface area contributed by atoms with Crippen LogP contribution >= 0.6 is 0 Å². The third kappa shape index (κ3) is 15.7. The van der Waals surface area contributed by atoms with Crippen LogP contribution in [0.15, 0.2) is 120 Å². The van der Waals surface area contributed by atoms with E-state index in [0.717, 1.165) is 104 Å². The summed E-state index contributed by atoms with van der Waals surface area (Å²) in [7, 11) is 1.71. The fourth-order valence-corrected chi connectivity index (χ4v) is 17.3. The van der Waals surface area contributed by atoms with Gasteiger partial charge in [-0.25, -0.2) is 0 Å². The summed E-state index contributed by atoms with van der Waals surface area (Å²) >= 11 is 0. The van der Waals surface area contributed by atoms with Gasteiger partial charge >= 0.3 is 0 Å². The van der Waals surface area contributed by atoms with E-state index < -0.39 is 166 Å². The number of rotatable bonds is 20. The van der Waals surface area contributed by atoms with Gasteiger partial charge in [-0.15, -0.1) is 0 Å². The molecule has 12 N–H and O–H groups in total. The maximum absolute atomic E-state index is 14.2. The molecule has 12 saturated heterocycles. The van der Waals surface area contributed by atoms with Gasteiger partial charge in [0.1, 0.15) is 117 Å². The molecule has 19 rings (SSSR count). The molecule has 106 heavy (non-hydrogen) atoms. The topological polar surface area (TPSA) is 368 Å². The number of benzene rings is 4. The number of methoxy groups -OCH3 is 1. The molecule has 2 unspecified atom stereocenters. The second kappa shape index (κ2) is 33.9. The number of allylic oxidation sites excluding steroid dienone is 7. The van der Waals surface area contributed by atoms with Crippen LogP contribution in [0.4, 0.5) is 11.4 Å². The number of carbonyl (C=O) groups is 2. The van der Waals surface area contributed by atoms with Crippen molar-refractivity contribution in [1.82, 2.24) is 10.6 Å². The first-order valence-corrected chi connectivity index (χ1v) is 37.5. The van der Waals surface area contributed by atoms with Crippen molar-refractivity contribution in [1.29, 1.82) is 0 Å². The van der Waals surface area contributed by atoms with Gasteiger partial charge in [-0.3, -0.25) is 9.59 Å². The van der Waals surface area contributed by atoms with Crippen LogP contribution in [0, 0.1) is 0 Å². The van der Waals surface area contributed by atoms with E-state index in [4.69, 9.17) is 52.1 Å². The minimum absolute atomic E-state index is 0.0168. The predicted octanol–water partition coefficient (Wildman–Crippen LogP) is 3.34. The molecule has 0 spiro atoms. The molecule has 14 aliphatic heterocycles. The van der Waals surface area contributed by atoms with E-state index in [-0.39, 0.29) is 70.5 Å². The Kier molecular flexibility index (Phi) is 25.0. The highest BCUT2D eigenvalue weighted by atomic mass is 16.7. The summed E-state index contributed by atoms with van der Waals surface area (Å²) in [6.07, 6.45) is -10.7. The van der Waals surface area contributed by atoms with Gasteiger partial charge in [-0.1, -0.05) is 80.9 Å². The molecular weight excluding hydrogens is 1370 g/mol. The Balaban J connectivity index is 0.740. The van der Waals surface area contributed by atoms with E-state index in [2.05, 4.69) is 121 Å². The first kappa shape index (κ1) is 77.9. The lowest BCUT2D eigenvalue weighted by Crippen LogP contribution is -2.65. The lowest BCUT2D eigenvalue weighted by Gasteiger charge is -2.47. The maximum Gasteiger partial charge on any atom is 0.228 e. The van der Waals surface area contributed by atoms with Crippen LogP contribution in [-0.2, 0) is 72.5 Å². The summed E-state index contributed by atoms with van der Waals surface area (Å²) in [4.78, 5) is 30.5. The SMILES string of the molecule is COC1=C(C=CC2=[N+](CCC(=O)NCO[C@@H]3[C@@H](O)[C@@H]4OC5O[C@H](CO)[C@@H](OCCC[C@H]3O[C@@H]4CO)[C@H](O)[C@H]5O)c3ccc4ccccc4c3C2(C)C)CCCCCC1=CC=C1N(CCC(=O)NCO[C@H]2[C@H]3OC4[C@@H](CO)O[C@H](CCCO[C@@H]([C@@H]2O)[C@@H](CO)O3)[C@H](O)[C@H]4O)c2ccc3ccccc3c2C1(C)C. The normalized spacial score (nSPS) is 34.8. The van der Waals surface area contributed by atoms with Crippen molar-refractivity contribution in [3.8, 4) is 0 Å². The molecule has 2 amide bonds. The Morgan fingerprint density at radius 1 is 0.557 bits per heavy atom. The van der Waals surface area contributed by atoms with E-state index in [0.29, 0.717) is 12.8 Å². The maximum atomic E-state index is 14.2.